The van der Waals surface area contributed by atoms with Gasteiger partial charge in [0, 0.05) is 10.4 Å². The van der Waals surface area contributed by atoms with Gasteiger partial charge in [-0.2, -0.15) is 0 Å². The molecule has 1 aromatic rings. The molecule has 1 saturated carbocycles. The van der Waals surface area contributed by atoms with Gasteiger partial charge in [0.05, 0.1) is 25.0 Å². The molecule has 0 aromatic heterocycles. The Labute approximate surface area is 217 Å². The number of esters is 2. The number of halogens is 1. The standard InChI is InChI=1S/C25H30BrNO9/c1-6-34-20(31)24(21(32)35-7-2)14(13-28)8-11-18(29)25(24)16-12-15(26)9-10-17(16)27(19(25)30)22(33)36-23(3,4)5/h9-10,12-14,18,29H,6-8,11H2,1-5H3/t14-,18+,25-/m1/s1. The highest BCUT2D eigenvalue weighted by atomic mass is 79.9. The van der Waals surface area contributed by atoms with Crippen LogP contribution in [0.25, 0.3) is 0 Å². The van der Waals surface area contributed by atoms with Crippen molar-refractivity contribution in [3.05, 3.63) is 28.2 Å². The number of fused-ring (bicyclic) bond motifs is 2. The number of nitrogens with zero attached hydrogens (tertiary/aromatic N) is 1. The van der Waals surface area contributed by atoms with Crippen molar-refractivity contribution in [3.8, 4) is 0 Å². The second-order valence-electron chi connectivity index (χ2n) is 9.68. The fourth-order valence-corrected chi connectivity index (χ4v) is 5.67. The summed E-state index contributed by atoms with van der Waals surface area (Å²) in [5, 5.41) is 11.5. The maximum absolute atomic E-state index is 14.4. The lowest BCUT2D eigenvalue weighted by molar-refractivity contribution is -0.198. The van der Waals surface area contributed by atoms with Gasteiger partial charge in [-0.15, -0.1) is 0 Å². The zero-order chi connectivity index (χ0) is 27.1. The van der Waals surface area contributed by atoms with E-state index in [1.54, 1.807) is 26.8 Å². The molecule has 10 nitrogen and oxygen atoms in total. The lowest BCUT2D eigenvalue weighted by atomic mass is 9.48. The molecule has 36 heavy (non-hydrogen) atoms. The summed E-state index contributed by atoms with van der Waals surface area (Å²) in [6.45, 7) is 7.51. The third kappa shape index (κ3) is 3.92. The second kappa shape index (κ2) is 9.93. The first kappa shape index (κ1) is 27.8. The van der Waals surface area contributed by atoms with Crippen LogP contribution in [0.1, 0.15) is 53.0 Å². The highest BCUT2D eigenvalue weighted by molar-refractivity contribution is 9.10. The van der Waals surface area contributed by atoms with Crippen molar-refractivity contribution in [2.45, 2.75) is 64.6 Å². The van der Waals surface area contributed by atoms with Crippen LogP contribution < -0.4 is 4.90 Å². The van der Waals surface area contributed by atoms with Gasteiger partial charge in [-0.1, -0.05) is 15.9 Å². The molecule has 1 heterocycles. The van der Waals surface area contributed by atoms with Gasteiger partial charge in [0.15, 0.2) is 5.41 Å². The first-order chi connectivity index (χ1) is 16.8. The lowest BCUT2D eigenvalue weighted by Crippen LogP contribution is -2.71. The van der Waals surface area contributed by atoms with Crippen molar-refractivity contribution in [1.29, 1.82) is 0 Å². The summed E-state index contributed by atoms with van der Waals surface area (Å²) in [5.41, 5.74) is -5.96. The molecule has 3 atom stereocenters. The molecule has 1 aliphatic carbocycles. The van der Waals surface area contributed by atoms with Gasteiger partial charge in [-0.05, 0) is 71.2 Å². The zero-order valence-corrected chi connectivity index (χ0v) is 22.4. The lowest BCUT2D eigenvalue weighted by Gasteiger charge is -2.51. The first-order valence-corrected chi connectivity index (χ1v) is 12.5. The molecule has 0 saturated heterocycles. The molecule has 2 amide bonds. The average molecular weight is 568 g/mol. The molecule has 0 bridgehead atoms. The van der Waals surface area contributed by atoms with Gasteiger partial charge in [0.25, 0.3) is 5.91 Å². The van der Waals surface area contributed by atoms with E-state index in [2.05, 4.69) is 15.9 Å². The first-order valence-electron chi connectivity index (χ1n) is 11.7. The molecule has 1 aromatic carbocycles. The minimum absolute atomic E-state index is 0.00731. The van der Waals surface area contributed by atoms with Gasteiger partial charge in [0.2, 0.25) is 0 Å². The zero-order valence-electron chi connectivity index (χ0n) is 20.8. The minimum Gasteiger partial charge on any atom is -0.465 e. The van der Waals surface area contributed by atoms with E-state index in [0.29, 0.717) is 15.7 Å². The van der Waals surface area contributed by atoms with E-state index >= 15 is 0 Å². The molecule has 196 valence electrons. The Hall–Kier alpha value is -2.79. The average Bonchev–Trinajstić information content (AvgIpc) is 3.03. The normalized spacial score (nSPS) is 24.8. The van der Waals surface area contributed by atoms with E-state index < -0.39 is 52.4 Å². The number of rotatable bonds is 5. The van der Waals surface area contributed by atoms with Crippen molar-refractivity contribution >= 4 is 51.8 Å². The van der Waals surface area contributed by atoms with E-state index in [4.69, 9.17) is 14.2 Å². The SMILES string of the molecule is CCOC(=O)C1(C(=O)OCC)[C@@H](C=O)CC[C@H](O)[C@]12C(=O)N(C(=O)OC(C)(C)C)c1ccc(Br)cc12. The van der Waals surface area contributed by atoms with Crippen molar-refractivity contribution in [1.82, 2.24) is 0 Å². The minimum atomic E-state index is -2.60. The molecule has 3 rings (SSSR count). The number of carbonyl (C=O) groups excluding carboxylic acids is 5. The number of anilines is 1. The van der Waals surface area contributed by atoms with Gasteiger partial charge in [-0.25, -0.2) is 9.69 Å². The molecule has 2 aliphatic rings. The fraction of sp³-hybridized carbons (Fsp3) is 0.560. The predicted octanol–water partition coefficient (Wildman–Crippen LogP) is 3.05. The van der Waals surface area contributed by atoms with Crippen LogP contribution in [-0.2, 0) is 38.8 Å². The number of hydrogen-bond acceptors (Lipinski definition) is 9. The quantitative estimate of drug-likeness (QED) is 0.246. The van der Waals surface area contributed by atoms with Crippen molar-refractivity contribution in [2.75, 3.05) is 18.1 Å². The van der Waals surface area contributed by atoms with Crippen LogP contribution in [0.3, 0.4) is 0 Å². The van der Waals surface area contributed by atoms with Gasteiger partial charge in [0.1, 0.15) is 17.3 Å². The van der Waals surface area contributed by atoms with Crippen LogP contribution in [-0.4, -0.2) is 60.3 Å². The molecule has 0 radical (unpaired) electrons. The van der Waals surface area contributed by atoms with Crippen LogP contribution in [0.4, 0.5) is 10.5 Å². The number of hydrogen-bond donors (Lipinski definition) is 1. The Balaban J connectivity index is 2.47. The van der Waals surface area contributed by atoms with E-state index in [1.165, 1.54) is 26.0 Å². The highest BCUT2D eigenvalue weighted by Gasteiger charge is 2.79. The number of carbonyl (C=O) groups is 5. The summed E-state index contributed by atoms with van der Waals surface area (Å²) in [4.78, 5) is 68.3. The summed E-state index contributed by atoms with van der Waals surface area (Å²) in [5.74, 6) is -4.84. The Morgan fingerprint density at radius 3 is 2.22 bits per heavy atom. The summed E-state index contributed by atoms with van der Waals surface area (Å²) in [6, 6.07) is 4.45. The molecule has 1 spiro atoms. The topological polar surface area (TPSA) is 137 Å². The third-order valence-corrected chi connectivity index (χ3v) is 7.02. The van der Waals surface area contributed by atoms with Crippen LogP contribution in [0.5, 0.6) is 0 Å². The molecular formula is C25H30BrNO9. The maximum atomic E-state index is 14.4. The number of benzene rings is 1. The van der Waals surface area contributed by atoms with Crippen LogP contribution >= 0.6 is 15.9 Å². The maximum Gasteiger partial charge on any atom is 0.421 e. The van der Waals surface area contributed by atoms with Gasteiger partial charge >= 0.3 is 18.0 Å². The number of aldehydes is 1. The van der Waals surface area contributed by atoms with Gasteiger partial charge in [-0.3, -0.25) is 14.4 Å². The van der Waals surface area contributed by atoms with Crippen LogP contribution in [0.15, 0.2) is 22.7 Å². The van der Waals surface area contributed by atoms with Gasteiger partial charge < -0.3 is 24.1 Å². The van der Waals surface area contributed by atoms with Crippen LogP contribution in [0.2, 0.25) is 0 Å². The largest absolute Gasteiger partial charge is 0.465 e. The molecule has 11 heteroatoms. The van der Waals surface area contributed by atoms with Crippen molar-refractivity contribution in [2.24, 2.45) is 11.3 Å². The third-order valence-electron chi connectivity index (χ3n) is 6.53. The summed E-state index contributed by atoms with van der Waals surface area (Å²) in [6.07, 6.45) is -2.50. The molecule has 0 unspecified atom stereocenters. The smallest absolute Gasteiger partial charge is 0.421 e. The predicted molar refractivity (Wildman–Crippen MR) is 130 cm³/mol. The Kier molecular flexibility index (Phi) is 7.67. The molecular weight excluding hydrogens is 538 g/mol. The number of amides is 2. The molecule has 1 fully saturated rings. The molecule has 1 aliphatic heterocycles. The monoisotopic (exact) mass is 567 g/mol. The number of aliphatic hydroxyl groups excluding tert-OH is 1. The van der Waals surface area contributed by atoms with E-state index in [9.17, 15) is 29.1 Å². The summed E-state index contributed by atoms with van der Waals surface area (Å²) in [7, 11) is 0. The van der Waals surface area contributed by atoms with Crippen molar-refractivity contribution < 1.29 is 43.3 Å². The van der Waals surface area contributed by atoms with E-state index in [0.717, 1.165) is 0 Å². The Morgan fingerprint density at radius 1 is 1.14 bits per heavy atom. The Bertz CT molecular complexity index is 1080. The summed E-state index contributed by atoms with van der Waals surface area (Å²) >= 11 is 3.34. The fourth-order valence-electron chi connectivity index (χ4n) is 5.31. The highest BCUT2D eigenvalue weighted by Crippen LogP contribution is 2.62. The van der Waals surface area contributed by atoms with Crippen LogP contribution in [0, 0.1) is 11.3 Å². The van der Waals surface area contributed by atoms with E-state index in [-0.39, 0.29) is 37.3 Å². The second-order valence-corrected chi connectivity index (χ2v) is 10.6. The molecule has 1 N–H and O–H groups in total. The number of aliphatic hydroxyl groups is 1. The number of imide groups is 1. The van der Waals surface area contributed by atoms with Crippen molar-refractivity contribution in [3.63, 3.8) is 0 Å². The van der Waals surface area contributed by atoms with E-state index in [1.807, 2.05) is 0 Å². The summed E-state index contributed by atoms with van der Waals surface area (Å²) < 4.78 is 16.5. The Morgan fingerprint density at radius 2 is 1.72 bits per heavy atom. The number of ether oxygens (including phenoxy) is 3.